The molecule has 0 N–H and O–H groups in total. The van der Waals surface area contributed by atoms with E-state index in [-0.39, 0.29) is 18.5 Å². The number of likely N-dealkylation sites (tertiary alicyclic amines) is 2. The fourth-order valence-electron chi connectivity index (χ4n) is 2.41. The van der Waals surface area contributed by atoms with Crippen molar-refractivity contribution < 1.29 is 22.8 Å². The van der Waals surface area contributed by atoms with E-state index in [1.807, 2.05) is 0 Å². The van der Waals surface area contributed by atoms with E-state index in [1.165, 1.54) is 11.8 Å². The minimum Gasteiger partial charge on any atom is -0.336 e. The molecule has 0 unspecified atom stereocenters. The molecule has 4 nitrogen and oxygen atoms in total. The maximum atomic E-state index is 12.2. The van der Waals surface area contributed by atoms with Crippen LogP contribution in [0, 0.1) is 0 Å². The van der Waals surface area contributed by atoms with E-state index in [0.717, 1.165) is 4.90 Å². The van der Waals surface area contributed by atoms with Gasteiger partial charge in [0.2, 0.25) is 5.91 Å². The monoisotopic (exact) mass is 236 g/mol. The van der Waals surface area contributed by atoms with Crippen LogP contribution in [0.25, 0.3) is 0 Å². The highest BCUT2D eigenvalue weighted by molar-refractivity contribution is 5.84. The summed E-state index contributed by atoms with van der Waals surface area (Å²) < 4.78 is 36.5. The maximum Gasteiger partial charge on any atom is 0.471 e. The van der Waals surface area contributed by atoms with Gasteiger partial charge in [-0.1, -0.05) is 0 Å². The van der Waals surface area contributed by atoms with Crippen molar-refractivity contribution in [3.8, 4) is 0 Å². The molecule has 2 fully saturated rings. The van der Waals surface area contributed by atoms with Gasteiger partial charge in [-0.2, -0.15) is 13.2 Å². The number of halogens is 3. The van der Waals surface area contributed by atoms with Gasteiger partial charge >= 0.3 is 12.1 Å². The summed E-state index contributed by atoms with van der Waals surface area (Å²) in [6.45, 7) is 1.82. The molecular weight excluding hydrogens is 225 g/mol. The number of carbonyl (C=O) groups is 2. The van der Waals surface area contributed by atoms with Crippen LogP contribution in [-0.2, 0) is 9.59 Å². The number of hydrogen-bond acceptors (Lipinski definition) is 2. The van der Waals surface area contributed by atoms with Crippen molar-refractivity contribution in [1.82, 2.24) is 9.80 Å². The van der Waals surface area contributed by atoms with E-state index in [0.29, 0.717) is 13.0 Å². The molecule has 0 aromatic carbocycles. The van der Waals surface area contributed by atoms with Gasteiger partial charge in [0, 0.05) is 20.0 Å². The van der Waals surface area contributed by atoms with Gasteiger partial charge < -0.3 is 9.80 Å². The molecule has 0 aromatic rings. The third-order valence-electron chi connectivity index (χ3n) is 3.20. The quantitative estimate of drug-likeness (QED) is 0.610. The molecule has 16 heavy (non-hydrogen) atoms. The van der Waals surface area contributed by atoms with Crippen LogP contribution in [0.1, 0.15) is 13.3 Å². The van der Waals surface area contributed by atoms with E-state index >= 15 is 0 Å². The lowest BCUT2D eigenvalue weighted by molar-refractivity contribution is -0.195. The second-order valence-corrected chi connectivity index (χ2v) is 4.09. The van der Waals surface area contributed by atoms with Crippen LogP contribution >= 0.6 is 0 Å². The van der Waals surface area contributed by atoms with Gasteiger partial charge in [0.25, 0.3) is 0 Å². The van der Waals surface area contributed by atoms with Crippen molar-refractivity contribution in [3.63, 3.8) is 0 Å². The minimum absolute atomic E-state index is 0.00257. The Balaban J connectivity index is 2.02. The van der Waals surface area contributed by atoms with Gasteiger partial charge in [0.15, 0.2) is 0 Å². The zero-order chi connectivity index (χ0) is 12.1. The topological polar surface area (TPSA) is 40.6 Å². The molecule has 0 aromatic heterocycles. The summed E-state index contributed by atoms with van der Waals surface area (Å²) in [7, 11) is 0. The van der Waals surface area contributed by atoms with Crippen molar-refractivity contribution in [2.75, 3.05) is 13.1 Å². The highest BCUT2D eigenvalue weighted by Crippen LogP contribution is 2.35. The first-order valence-corrected chi connectivity index (χ1v) is 4.97. The molecule has 90 valence electrons. The zero-order valence-electron chi connectivity index (χ0n) is 8.62. The molecule has 2 rings (SSSR count). The standard InChI is InChI=1S/C9H11F3N2O2/c1-5(15)13-3-2-6-7(13)4-14(6)8(16)9(10,11)12/h6-7H,2-4H2,1H3/t6-,7-/m1/s1. The third kappa shape index (κ3) is 1.54. The molecule has 2 heterocycles. The van der Waals surface area contributed by atoms with Crippen molar-refractivity contribution in [2.45, 2.75) is 31.6 Å². The Bertz CT molecular complexity index is 342. The average Bonchev–Trinajstić information content (AvgIpc) is 2.41. The fraction of sp³-hybridized carbons (Fsp3) is 0.778. The largest absolute Gasteiger partial charge is 0.471 e. The highest BCUT2D eigenvalue weighted by Gasteiger charge is 2.55. The lowest BCUT2D eigenvalue weighted by Gasteiger charge is -2.46. The molecule has 2 amide bonds. The van der Waals surface area contributed by atoms with E-state index in [2.05, 4.69) is 0 Å². The van der Waals surface area contributed by atoms with Crippen LogP contribution < -0.4 is 0 Å². The fourth-order valence-corrected chi connectivity index (χ4v) is 2.41. The van der Waals surface area contributed by atoms with Gasteiger partial charge in [0.1, 0.15) is 0 Å². The summed E-state index contributed by atoms with van der Waals surface area (Å²) in [5.41, 5.74) is 0. The molecular formula is C9H11F3N2O2. The predicted octanol–water partition coefficient (Wildman–Crippen LogP) is 0.380. The van der Waals surface area contributed by atoms with Gasteiger partial charge in [0.05, 0.1) is 12.1 Å². The maximum absolute atomic E-state index is 12.2. The van der Waals surface area contributed by atoms with Crippen molar-refractivity contribution in [1.29, 1.82) is 0 Å². The Morgan fingerprint density at radius 3 is 2.31 bits per heavy atom. The van der Waals surface area contributed by atoms with Gasteiger partial charge in [-0.25, -0.2) is 0 Å². The van der Waals surface area contributed by atoms with Crippen molar-refractivity contribution in [2.24, 2.45) is 0 Å². The molecule has 2 aliphatic rings. The molecule has 2 aliphatic heterocycles. The van der Waals surface area contributed by atoms with E-state index in [9.17, 15) is 22.8 Å². The molecule has 0 saturated carbocycles. The second kappa shape index (κ2) is 3.36. The summed E-state index contributed by atoms with van der Waals surface area (Å²) >= 11 is 0. The van der Waals surface area contributed by atoms with Crippen LogP contribution in [0.4, 0.5) is 13.2 Å². The van der Waals surface area contributed by atoms with Gasteiger partial charge in [-0.15, -0.1) is 0 Å². The number of rotatable bonds is 0. The number of fused-ring (bicyclic) bond motifs is 1. The number of amides is 2. The summed E-state index contributed by atoms with van der Waals surface area (Å²) in [6.07, 6.45) is -4.37. The number of hydrogen-bond donors (Lipinski definition) is 0. The third-order valence-corrected chi connectivity index (χ3v) is 3.20. The predicted molar refractivity (Wildman–Crippen MR) is 47.3 cm³/mol. The van der Waals surface area contributed by atoms with Crippen LogP contribution in [-0.4, -0.2) is 53.0 Å². The average molecular weight is 236 g/mol. The Kier molecular flexibility index (Phi) is 2.36. The van der Waals surface area contributed by atoms with Crippen molar-refractivity contribution >= 4 is 11.8 Å². The highest BCUT2D eigenvalue weighted by atomic mass is 19.4. The number of carbonyl (C=O) groups excluding carboxylic acids is 2. The summed E-state index contributed by atoms with van der Waals surface area (Å²) in [6, 6.07) is -0.665. The Morgan fingerprint density at radius 2 is 1.81 bits per heavy atom. The second-order valence-electron chi connectivity index (χ2n) is 4.09. The summed E-state index contributed by atoms with van der Waals surface area (Å²) in [4.78, 5) is 24.4. The molecule has 0 radical (unpaired) electrons. The molecule has 2 atom stereocenters. The normalized spacial score (nSPS) is 28.8. The van der Waals surface area contributed by atoms with Gasteiger partial charge in [-0.3, -0.25) is 9.59 Å². The molecule has 0 aliphatic carbocycles. The Labute approximate surface area is 90.0 Å². The lowest BCUT2D eigenvalue weighted by atomic mass is 9.97. The Morgan fingerprint density at radius 1 is 1.19 bits per heavy atom. The number of nitrogens with zero attached hydrogens (tertiary/aromatic N) is 2. The van der Waals surface area contributed by atoms with E-state index < -0.39 is 18.1 Å². The SMILES string of the molecule is CC(=O)N1CC[C@@H]2[C@H]1CN2C(=O)C(F)(F)F. The van der Waals surface area contributed by atoms with Crippen LogP contribution in [0.3, 0.4) is 0 Å². The van der Waals surface area contributed by atoms with Crippen molar-refractivity contribution in [3.05, 3.63) is 0 Å². The first kappa shape index (κ1) is 11.2. The summed E-state index contributed by atoms with van der Waals surface area (Å²) in [5, 5.41) is 0. The molecule has 0 bridgehead atoms. The minimum atomic E-state index is -4.81. The first-order chi connectivity index (χ1) is 7.32. The smallest absolute Gasteiger partial charge is 0.336 e. The van der Waals surface area contributed by atoms with Crippen LogP contribution in [0.2, 0.25) is 0 Å². The lowest BCUT2D eigenvalue weighted by Crippen LogP contribution is -2.66. The summed E-state index contributed by atoms with van der Waals surface area (Å²) in [5.74, 6) is -1.94. The van der Waals surface area contributed by atoms with Crippen LogP contribution in [0.15, 0.2) is 0 Å². The zero-order valence-corrected chi connectivity index (χ0v) is 8.62. The molecule has 0 spiro atoms. The van der Waals surface area contributed by atoms with Crippen LogP contribution in [0.5, 0.6) is 0 Å². The first-order valence-electron chi connectivity index (χ1n) is 4.97. The number of alkyl halides is 3. The Hall–Kier alpha value is -1.27. The van der Waals surface area contributed by atoms with E-state index in [1.54, 1.807) is 0 Å². The molecule has 2 saturated heterocycles. The van der Waals surface area contributed by atoms with E-state index in [4.69, 9.17) is 0 Å². The van der Waals surface area contributed by atoms with Gasteiger partial charge in [-0.05, 0) is 6.42 Å². The molecule has 7 heteroatoms.